The quantitative estimate of drug-likeness (QED) is 0.479. The second kappa shape index (κ2) is 4.29. The largest absolute Gasteiger partial charge is 0.376 e. The van der Waals surface area contributed by atoms with Crippen LogP contribution in [0.25, 0.3) is 0 Å². The van der Waals surface area contributed by atoms with Gasteiger partial charge < -0.3 is 5.11 Å². The summed E-state index contributed by atoms with van der Waals surface area (Å²) in [7, 11) is 0. The Morgan fingerprint density at radius 3 is 2.50 bits per heavy atom. The second-order valence-electron chi connectivity index (χ2n) is 2.84. The highest BCUT2D eigenvalue weighted by atomic mass is 16.3. The van der Waals surface area contributed by atoms with Gasteiger partial charge in [-0.3, -0.25) is 0 Å². The van der Waals surface area contributed by atoms with Gasteiger partial charge in [-0.25, -0.2) is 0 Å². The standard InChI is InChI=1S/C8H15NO/c1-3-4-5-6-8(2,10)7-9/h10H,3-6H2,1-2H3/t8-/m1/s1. The first kappa shape index (κ1) is 9.45. The van der Waals surface area contributed by atoms with Crippen LogP contribution in [0.3, 0.4) is 0 Å². The van der Waals surface area contributed by atoms with E-state index in [1.165, 1.54) is 0 Å². The highest BCUT2D eigenvalue weighted by molar-refractivity contribution is 4.95. The van der Waals surface area contributed by atoms with Crippen molar-refractivity contribution >= 4 is 0 Å². The zero-order chi connectivity index (χ0) is 8.04. The number of hydrogen-bond donors (Lipinski definition) is 1. The van der Waals surface area contributed by atoms with Gasteiger partial charge >= 0.3 is 0 Å². The van der Waals surface area contributed by atoms with Gasteiger partial charge in [0, 0.05) is 0 Å². The molecule has 0 aromatic carbocycles. The normalized spacial score (nSPS) is 15.8. The second-order valence-corrected chi connectivity index (χ2v) is 2.84. The number of rotatable bonds is 4. The summed E-state index contributed by atoms with van der Waals surface area (Å²) < 4.78 is 0. The zero-order valence-electron chi connectivity index (χ0n) is 6.72. The molecule has 0 aromatic heterocycles. The van der Waals surface area contributed by atoms with Gasteiger partial charge in [-0.05, 0) is 19.8 Å². The molecule has 2 heteroatoms. The van der Waals surface area contributed by atoms with Crippen LogP contribution in [0.5, 0.6) is 0 Å². The average Bonchev–Trinajstić information content (AvgIpc) is 1.89. The van der Waals surface area contributed by atoms with Crippen LogP contribution >= 0.6 is 0 Å². The maximum absolute atomic E-state index is 9.19. The fraction of sp³-hybridized carbons (Fsp3) is 0.875. The predicted molar refractivity (Wildman–Crippen MR) is 40.4 cm³/mol. The molecule has 0 rings (SSSR count). The van der Waals surface area contributed by atoms with E-state index in [1.807, 2.05) is 6.07 Å². The Kier molecular flexibility index (Phi) is 4.06. The van der Waals surface area contributed by atoms with Crippen LogP contribution in [0.4, 0.5) is 0 Å². The maximum atomic E-state index is 9.19. The summed E-state index contributed by atoms with van der Waals surface area (Å²) in [6, 6.07) is 1.86. The number of nitriles is 1. The summed E-state index contributed by atoms with van der Waals surface area (Å²) in [6.07, 6.45) is 3.76. The Hall–Kier alpha value is -0.550. The molecule has 1 atom stereocenters. The molecular weight excluding hydrogens is 126 g/mol. The summed E-state index contributed by atoms with van der Waals surface area (Å²) in [6.45, 7) is 3.66. The van der Waals surface area contributed by atoms with Crippen LogP contribution in [-0.2, 0) is 0 Å². The van der Waals surface area contributed by atoms with E-state index in [-0.39, 0.29) is 0 Å². The molecule has 0 saturated heterocycles. The fourth-order valence-corrected chi connectivity index (χ4v) is 0.775. The average molecular weight is 141 g/mol. The molecule has 0 saturated carbocycles. The summed E-state index contributed by atoms with van der Waals surface area (Å²) in [5.41, 5.74) is -1.10. The van der Waals surface area contributed by atoms with Crippen LogP contribution in [0, 0.1) is 11.3 Å². The van der Waals surface area contributed by atoms with E-state index in [1.54, 1.807) is 6.92 Å². The van der Waals surface area contributed by atoms with Gasteiger partial charge in [0.25, 0.3) is 0 Å². The minimum absolute atomic E-state index is 0.595. The third-order valence-electron chi connectivity index (χ3n) is 1.51. The Bertz CT molecular complexity index is 124. The molecule has 10 heavy (non-hydrogen) atoms. The van der Waals surface area contributed by atoms with Gasteiger partial charge in [0.1, 0.15) is 5.60 Å². The summed E-state index contributed by atoms with van der Waals surface area (Å²) in [4.78, 5) is 0. The van der Waals surface area contributed by atoms with Crippen molar-refractivity contribution in [3.05, 3.63) is 0 Å². The van der Waals surface area contributed by atoms with Crippen LogP contribution in [-0.4, -0.2) is 10.7 Å². The molecule has 0 aliphatic rings. The van der Waals surface area contributed by atoms with Crippen LogP contribution in [0.2, 0.25) is 0 Å². The molecule has 0 aliphatic heterocycles. The molecule has 0 spiro atoms. The number of unbranched alkanes of at least 4 members (excludes halogenated alkanes) is 2. The Labute approximate surface area is 62.5 Å². The Morgan fingerprint density at radius 1 is 1.50 bits per heavy atom. The van der Waals surface area contributed by atoms with Crippen molar-refractivity contribution in [2.75, 3.05) is 0 Å². The first-order valence-corrected chi connectivity index (χ1v) is 3.76. The molecule has 58 valence electrons. The molecule has 0 unspecified atom stereocenters. The van der Waals surface area contributed by atoms with Gasteiger partial charge in [0.05, 0.1) is 6.07 Å². The van der Waals surface area contributed by atoms with Crippen molar-refractivity contribution in [1.29, 1.82) is 5.26 Å². The Balaban J connectivity index is 3.40. The lowest BCUT2D eigenvalue weighted by molar-refractivity contribution is 0.107. The molecule has 0 aromatic rings. The molecule has 1 N–H and O–H groups in total. The molecule has 0 fully saturated rings. The van der Waals surface area contributed by atoms with Crippen molar-refractivity contribution in [2.45, 2.75) is 45.1 Å². The van der Waals surface area contributed by atoms with Gasteiger partial charge in [-0.15, -0.1) is 0 Å². The van der Waals surface area contributed by atoms with Gasteiger partial charge in [-0.1, -0.05) is 19.8 Å². The van der Waals surface area contributed by atoms with Crippen LogP contribution in [0.1, 0.15) is 39.5 Å². The van der Waals surface area contributed by atoms with Crippen molar-refractivity contribution in [3.63, 3.8) is 0 Å². The topological polar surface area (TPSA) is 44.0 Å². The van der Waals surface area contributed by atoms with E-state index >= 15 is 0 Å². The Morgan fingerprint density at radius 2 is 2.10 bits per heavy atom. The lowest BCUT2D eigenvalue weighted by atomic mass is 10.0. The molecular formula is C8H15NO. The maximum Gasteiger partial charge on any atom is 0.148 e. The zero-order valence-corrected chi connectivity index (χ0v) is 6.72. The number of nitrogens with zero attached hydrogens (tertiary/aromatic N) is 1. The molecule has 0 bridgehead atoms. The highest BCUT2D eigenvalue weighted by Gasteiger charge is 2.17. The van der Waals surface area contributed by atoms with Gasteiger partial charge in [-0.2, -0.15) is 5.26 Å². The van der Waals surface area contributed by atoms with E-state index in [2.05, 4.69) is 6.92 Å². The lowest BCUT2D eigenvalue weighted by Gasteiger charge is -2.12. The van der Waals surface area contributed by atoms with Crippen molar-refractivity contribution < 1.29 is 5.11 Å². The lowest BCUT2D eigenvalue weighted by Crippen LogP contribution is -2.20. The van der Waals surface area contributed by atoms with Gasteiger partial charge in [0.15, 0.2) is 0 Å². The van der Waals surface area contributed by atoms with E-state index in [0.717, 1.165) is 19.3 Å². The van der Waals surface area contributed by atoms with E-state index in [4.69, 9.17) is 5.26 Å². The van der Waals surface area contributed by atoms with Crippen LogP contribution in [0.15, 0.2) is 0 Å². The first-order valence-electron chi connectivity index (χ1n) is 3.76. The van der Waals surface area contributed by atoms with Crippen LogP contribution < -0.4 is 0 Å². The van der Waals surface area contributed by atoms with Gasteiger partial charge in [0.2, 0.25) is 0 Å². The summed E-state index contributed by atoms with van der Waals surface area (Å²) >= 11 is 0. The predicted octanol–water partition coefficient (Wildman–Crippen LogP) is 1.84. The third-order valence-corrected chi connectivity index (χ3v) is 1.51. The molecule has 0 aliphatic carbocycles. The molecule has 0 heterocycles. The minimum Gasteiger partial charge on any atom is -0.376 e. The monoisotopic (exact) mass is 141 g/mol. The minimum atomic E-state index is -1.10. The SMILES string of the molecule is CCCCC[C@@](C)(O)C#N. The summed E-state index contributed by atoms with van der Waals surface area (Å²) in [5, 5.41) is 17.6. The molecule has 2 nitrogen and oxygen atoms in total. The summed E-state index contributed by atoms with van der Waals surface area (Å²) in [5.74, 6) is 0. The van der Waals surface area contributed by atoms with Crippen molar-refractivity contribution in [1.82, 2.24) is 0 Å². The van der Waals surface area contributed by atoms with Crippen molar-refractivity contribution in [2.24, 2.45) is 0 Å². The number of aliphatic hydroxyl groups is 1. The smallest absolute Gasteiger partial charge is 0.148 e. The third kappa shape index (κ3) is 4.34. The van der Waals surface area contributed by atoms with Crippen molar-refractivity contribution in [3.8, 4) is 6.07 Å². The van der Waals surface area contributed by atoms with E-state index in [9.17, 15) is 5.11 Å². The first-order chi connectivity index (χ1) is 4.62. The van der Waals surface area contributed by atoms with E-state index in [0.29, 0.717) is 6.42 Å². The van der Waals surface area contributed by atoms with E-state index < -0.39 is 5.60 Å². The highest BCUT2D eigenvalue weighted by Crippen LogP contribution is 2.12. The molecule has 0 radical (unpaired) electrons. The fourth-order valence-electron chi connectivity index (χ4n) is 0.775. The number of hydrogen-bond acceptors (Lipinski definition) is 2. The molecule has 0 amide bonds.